The average molecular weight is 618 g/mol. The predicted octanol–water partition coefficient (Wildman–Crippen LogP) is 5.37. The summed E-state index contributed by atoms with van der Waals surface area (Å²) in [5.41, 5.74) is -0.693. The lowest BCUT2D eigenvalue weighted by Gasteiger charge is -2.30. The van der Waals surface area contributed by atoms with Crippen LogP contribution in [0.2, 0.25) is 5.02 Å². The molecule has 14 heteroatoms. The molecule has 0 bridgehead atoms. The summed E-state index contributed by atoms with van der Waals surface area (Å²) < 4.78 is 72.3. The second-order valence-corrected chi connectivity index (χ2v) is 11.7. The first-order valence-corrected chi connectivity index (χ1v) is 14.5. The topological polar surface area (TPSA) is 119 Å². The highest BCUT2D eigenvalue weighted by Gasteiger charge is 2.39. The van der Waals surface area contributed by atoms with Gasteiger partial charge in [-0.25, -0.2) is 18.4 Å². The van der Waals surface area contributed by atoms with E-state index in [9.17, 15) is 26.7 Å². The molecule has 0 aliphatic heterocycles. The van der Waals surface area contributed by atoms with Crippen LogP contribution in [0.1, 0.15) is 22.5 Å². The van der Waals surface area contributed by atoms with Crippen molar-refractivity contribution in [1.29, 1.82) is 0 Å². The second-order valence-electron chi connectivity index (χ2n) is 9.52. The molecule has 0 spiro atoms. The van der Waals surface area contributed by atoms with Crippen molar-refractivity contribution >= 4 is 38.2 Å². The van der Waals surface area contributed by atoms with Crippen LogP contribution in [0.5, 0.6) is 5.88 Å². The van der Waals surface area contributed by atoms with E-state index in [1.54, 1.807) is 54.1 Å². The lowest BCUT2D eigenvalue weighted by atomic mass is 9.83. The molecule has 5 rings (SSSR count). The molecule has 0 saturated heterocycles. The molecule has 2 aromatic carbocycles. The quantitative estimate of drug-likeness (QED) is 0.252. The number of pyridine rings is 2. The van der Waals surface area contributed by atoms with Gasteiger partial charge in [-0.1, -0.05) is 35.9 Å². The summed E-state index contributed by atoms with van der Waals surface area (Å²) >= 11 is 6.93. The van der Waals surface area contributed by atoms with Gasteiger partial charge in [0.1, 0.15) is 5.69 Å². The monoisotopic (exact) mass is 617 g/mol. The normalized spacial score (nSPS) is 13.6. The van der Waals surface area contributed by atoms with E-state index < -0.39 is 27.5 Å². The van der Waals surface area contributed by atoms with Crippen molar-refractivity contribution in [2.45, 2.75) is 11.8 Å². The smallest absolute Gasteiger partial charge is 0.433 e. The molecule has 9 nitrogen and oxygen atoms in total. The number of methoxy groups -OCH3 is 1. The number of nitrogens with one attached hydrogen (secondary N) is 1. The number of aromatic nitrogens is 4. The molecule has 1 atom stereocenters. The van der Waals surface area contributed by atoms with Gasteiger partial charge in [0, 0.05) is 29.9 Å². The third-order valence-electron chi connectivity index (χ3n) is 6.64. The van der Waals surface area contributed by atoms with Crippen LogP contribution < -0.4 is 9.46 Å². The number of anilines is 1. The molecule has 0 fully saturated rings. The van der Waals surface area contributed by atoms with E-state index >= 15 is 0 Å². The van der Waals surface area contributed by atoms with Crippen LogP contribution >= 0.6 is 11.6 Å². The van der Waals surface area contributed by atoms with Gasteiger partial charge >= 0.3 is 6.18 Å². The van der Waals surface area contributed by atoms with Crippen molar-refractivity contribution in [3.8, 4) is 17.0 Å². The zero-order valence-corrected chi connectivity index (χ0v) is 23.9. The highest BCUT2D eigenvalue weighted by Crippen LogP contribution is 2.43. The first-order chi connectivity index (χ1) is 19.7. The number of alkyl halides is 3. The van der Waals surface area contributed by atoms with Crippen LogP contribution in [0.15, 0.2) is 73.3 Å². The minimum atomic E-state index is -4.65. The van der Waals surface area contributed by atoms with Crippen LogP contribution in [0, 0.1) is 0 Å². The fourth-order valence-electron chi connectivity index (χ4n) is 4.69. The van der Waals surface area contributed by atoms with Gasteiger partial charge in [0.25, 0.3) is 0 Å². The molecule has 0 aliphatic carbocycles. The van der Waals surface area contributed by atoms with Gasteiger partial charge in [0.15, 0.2) is 5.60 Å². The lowest BCUT2D eigenvalue weighted by molar-refractivity contribution is -0.141. The maximum Gasteiger partial charge on any atom is 0.433 e. The van der Waals surface area contributed by atoms with Crippen LogP contribution in [0.4, 0.5) is 18.9 Å². The van der Waals surface area contributed by atoms with Gasteiger partial charge in [-0.2, -0.15) is 13.2 Å². The van der Waals surface area contributed by atoms with Gasteiger partial charge in [-0.15, -0.1) is 0 Å². The summed E-state index contributed by atoms with van der Waals surface area (Å²) in [5, 5.41) is 12.9. The van der Waals surface area contributed by atoms with Crippen LogP contribution in [0.25, 0.3) is 22.0 Å². The predicted molar refractivity (Wildman–Crippen MR) is 152 cm³/mol. The number of hydrogen-bond donors (Lipinski definition) is 2. The average Bonchev–Trinajstić information content (AvgIpc) is 3.38. The van der Waals surface area contributed by atoms with Crippen molar-refractivity contribution in [3.05, 3.63) is 101 Å². The number of nitrogens with zero attached hydrogens (tertiary/aromatic N) is 4. The molecule has 5 aromatic rings. The highest BCUT2D eigenvalue weighted by molar-refractivity contribution is 7.92. The Balaban J connectivity index is 1.69. The first-order valence-electron chi connectivity index (χ1n) is 12.2. The molecule has 0 saturated carbocycles. The lowest BCUT2D eigenvalue weighted by Crippen LogP contribution is -2.31. The maximum atomic E-state index is 13.2. The van der Waals surface area contributed by atoms with Gasteiger partial charge in [-0.3, -0.25) is 9.71 Å². The Labute approximate surface area is 243 Å². The molecule has 0 radical (unpaired) electrons. The number of fused-ring (bicyclic) bond motifs is 1. The minimum absolute atomic E-state index is 0.0743. The Morgan fingerprint density at radius 1 is 1.02 bits per heavy atom. The summed E-state index contributed by atoms with van der Waals surface area (Å²) in [7, 11) is -0.405. The second kappa shape index (κ2) is 10.6. The molecule has 1 unspecified atom stereocenters. The number of halogens is 4. The van der Waals surface area contributed by atoms with Crippen LogP contribution in [-0.4, -0.2) is 46.4 Å². The fraction of sp³-hybridized carbons (Fsp3) is 0.179. The number of hydrogen-bond acceptors (Lipinski definition) is 7. The number of benzene rings is 2. The van der Waals surface area contributed by atoms with Crippen molar-refractivity contribution in [2.75, 3.05) is 18.1 Å². The van der Waals surface area contributed by atoms with Gasteiger partial charge in [0.2, 0.25) is 15.9 Å². The molecule has 0 amide bonds. The Morgan fingerprint density at radius 2 is 1.71 bits per heavy atom. The number of imidazole rings is 1. The SMILES string of the molecule is COc1nc2ccc(C(O)(c3ccc(C(F)(F)F)nc3)c3cncn3C)cc2c(Cl)c1-c1ccc(NS(C)(=O)=O)cc1. The van der Waals surface area contributed by atoms with Crippen molar-refractivity contribution in [1.82, 2.24) is 19.5 Å². The molecule has 2 N–H and O–H groups in total. The molecule has 42 heavy (non-hydrogen) atoms. The third kappa shape index (κ3) is 5.38. The van der Waals surface area contributed by atoms with Crippen molar-refractivity contribution in [2.24, 2.45) is 7.05 Å². The fourth-order valence-corrected chi connectivity index (χ4v) is 5.59. The van der Waals surface area contributed by atoms with E-state index in [4.69, 9.17) is 16.3 Å². The van der Waals surface area contributed by atoms with E-state index in [-0.39, 0.29) is 27.7 Å². The Morgan fingerprint density at radius 3 is 2.26 bits per heavy atom. The first kappa shape index (κ1) is 29.3. The molecule has 218 valence electrons. The van der Waals surface area contributed by atoms with Crippen molar-refractivity contribution in [3.63, 3.8) is 0 Å². The Kier molecular flexibility index (Phi) is 7.37. The van der Waals surface area contributed by atoms with E-state index in [0.717, 1.165) is 18.5 Å². The molecule has 3 heterocycles. The molecule has 3 aromatic heterocycles. The number of aliphatic hydroxyl groups is 1. The maximum absolute atomic E-state index is 13.2. The largest absolute Gasteiger partial charge is 0.480 e. The van der Waals surface area contributed by atoms with E-state index in [1.807, 2.05) is 0 Å². The summed E-state index contributed by atoms with van der Waals surface area (Å²) in [5.74, 6) is 0.206. The molecular formula is C28H23ClF3N5O4S. The Hall–Kier alpha value is -4.20. The van der Waals surface area contributed by atoms with E-state index in [2.05, 4.69) is 19.7 Å². The Bertz CT molecular complexity index is 1900. The van der Waals surface area contributed by atoms with Crippen LogP contribution in [-0.2, 0) is 28.8 Å². The summed E-state index contributed by atoms with van der Waals surface area (Å²) in [6.45, 7) is 0. The standard InChI is InChI=1S/C28H23ClF3N5O4S/c1-37-15-33-14-23(37)27(38,18-7-11-22(34-13-18)28(30,31)32)17-6-10-21-20(12-17)25(29)24(26(35-21)41-2)16-4-8-19(9-5-16)36-42(3,39)40/h4-15,36,38H,1-3H3. The summed E-state index contributed by atoms with van der Waals surface area (Å²) in [6.07, 6.45) is 0.232. The molecular weight excluding hydrogens is 595 g/mol. The van der Waals surface area contributed by atoms with Gasteiger partial charge < -0.3 is 14.4 Å². The van der Waals surface area contributed by atoms with Gasteiger partial charge in [-0.05, 0) is 41.5 Å². The van der Waals surface area contributed by atoms with Gasteiger partial charge in [0.05, 0.1) is 47.7 Å². The van der Waals surface area contributed by atoms with Crippen LogP contribution in [0.3, 0.4) is 0 Å². The number of sulfonamides is 1. The zero-order valence-electron chi connectivity index (χ0n) is 22.3. The van der Waals surface area contributed by atoms with Crippen molar-refractivity contribution < 1.29 is 31.4 Å². The summed E-state index contributed by atoms with van der Waals surface area (Å²) in [6, 6.07) is 13.2. The number of aryl methyl sites for hydroxylation is 1. The highest BCUT2D eigenvalue weighted by atomic mass is 35.5. The molecule has 0 aliphatic rings. The number of ether oxygens (including phenoxy) is 1. The summed E-state index contributed by atoms with van der Waals surface area (Å²) in [4.78, 5) is 12.2. The minimum Gasteiger partial charge on any atom is -0.480 e. The zero-order chi connectivity index (χ0) is 30.4. The van der Waals surface area contributed by atoms with E-state index in [0.29, 0.717) is 27.7 Å². The number of rotatable bonds is 7. The third-order valence-corrected chi connectivity index (χ3v) is 7.63. The van der Waals surface area contributed by atoms with E-state index in [1.165, 1.54) is 25.7 Å².